The van der Waals surface area contributed by atoms with Crippen molar-refractivity contribution in [2.45, 2.75) is 13.8 Å². The molecule has 2 N–H and O–H groups in total. The van der Waals surface area contributed by atoms with E-state index in [0.29, 0.717) is 35.1 Å². The van der Waals surface area contributed by atoms with E-state index in [1.165, 1.54) is 0 Å². The van der Waals surface area contributed by atoms with Crippen LogP contribution in [0.3, 0.4) is 0 Å². The van der Waals surface area contributed by atoms with Gasteiger partial charge in [-0.2, -0.15) is 0 Å². The molecular formula is C19H21BrClN3O2. The molecule has 0 aliphatic carbocycles. The van der Waals surface area contributed by atoms with Crippen LogP contribution in [0.1, 0.15) is 24.2 Å². The minimum absolute atomic E-state index is 0.0144. The van der Waals surface area contributed by atoms with Crippen molar-refractivity contribution in [3.63, 3.8) is 0 Å². The maximum absolute atomic E-state index is 12.3. The van der Waals surface area contributed by atoms with Gasteiger partial charge in [-0.1, -0.05) is 27.5 Å². The second-order valence-corrected chi connectivity index (χ2v) is 6.90. The molecule has 2 aromatic rings. The number of hydrogen-bond donors (Lipinski definition) is 2. The van der Waals surface area contributed by atoms with Crippen LogP contribution in [0.5, 0.6) is 0 Å². The molecule has 2 aromatic carbocycles. The predicted octanol–water partition coefficient (Wildman–Crippen LogP) is 4.64. The number of amides is 2. The van der Waals surface area contributed by atoms with Gasteiger partial charge in [-0.05, 0) is 56.3 Å². The number of carbonyl (C=O) groups is 2. The van der Waals surface area contributed by atoms with E-state index in [0.717, 1.165) is 4.47 Å². The highest BCUT2D eigenvalue weighted by Crippen LogP contribution is 2.25. The number of benzene rings is 2. The first-order valence-corrected chi connectivity index (χ1v) is 9.49. The van der Waals surface area contributed by atoms with Gasteiger partial charge >= 0.3 is 0 Å². The maximum Gasteiger partial charge on any atom is 0.253 e. The van der Waals surface area contributed by atoms with Crippen LogP contribution in [-0.4, -0.2) is 36.3 Å². The van der Waals surface area contributed by atoms with E-state index in [1.807, 2.05) is 19.9 Å². The monoisotopic (exact) mass is 437 g/mol. The molecule has 0 saturated carbocycles. The standard InChI is InChI=1S/C19H21BrClN3O2/c1-3-24(4-2)19(26)13-5-8-15(9-6-13)23-18(25)12-22-17-10-7-14(20)11-16(17)21/h5-11,22H,3-4,12H2,1-2H3,(H,23,25). The zero-order valence-corrected chi connectivity index (χ0v) is 17.0. The second-order valence-electron chi connectivity index (χ2n) is 5.58. The molecule has 0 aliphatic rings. The summed E-state index contributed by atoms with van der Waals surface area (Å²) >= 11 is 9.45. The Morgan fingerprint density at radius 3 is 2.31 bits per heavy atom. The molecule has 5 nitrogen and oxygen atoms in total. The molecule has 0 aromatic heterocycles. The third-order valence-electron chi connectivity index (χ3n) is 3.84. The normalized spacial score (nSPS) is 10.3. The summed E-state index contributed by atoms with van der Waals surface area (Å²) in [7, 11) is 0. The van der Waals surface area contributed by atoms with Crippen molar-refractivity contribution in [3.8, 4) is 0 Å². The van der Waals surface area contributed by atoms with Crippen LogP contribution in [0.2, 0.25) is 5.02 Å². The van der Waals surface area contributed by atoms with Crippen LogP contribution < -0.4 is 10.6 Å². The second kappa shape index (κ2) is 9.59. The third kappa shape index (κ3) is 5.47. The Morgan fingerprint density at radius 2 is 1.73 bits per heavy atom. The average molecular weight is 439 g/mol. The Kier molecular flexibility index (Phi) is 7.48. The topological polar surface area (TPSA) is 61.4 Å². The molecule has 7 heteroatoms. The number of carbonyl (C=O) groups excluding carboxylic acids is 2. The summed E-state index contributed by atoms with van der Waals surface area (Å²) in [5.74, 6) is -0.216. The van der Waals surface area contributed by atoms with E-state index in [1.54, 1.807) is 41.3 Å². The van der Waals surface area contributed by atoms with Gasteiger partial charge in [0.05, 0.1) is 17.3 Å². The molecule has 2 rings (SSSR count). The Morgan fingerprint density at radius 1 is 1.08 bits per heavy atom. The number of halogens is 2. The minimum Gasteiger partial charge on any atom is -0.375 e. The zero-order chi connectivity index (χ0) is 19.1. The van der Waals surface area contributed by atoms with Crippen LogP contribution in [-0.2, 0) is 4.79 Å². The van der Waals surface area contributed by atoms with Crippen molar-refractivity contribution in [2.24, 2.45) is 0 Å². The number of nitrogens with zero attached hydrogens (tertiary/aromatic N) is 1. The molecule has 0 atom stereocenters. The molecule has 138 valence electrons. The molecule has 0 bridgehead atoms. The van der Waals surface area contributed by atoms with Gasteiger partial charge in [-0.15, -0.1) is 0 Å². The first-order chi connectivity index (χ1) is 12.4. The smallest absolute Gasteiger partial charge is 0.253 e. The molecule has 0 spiro atoms. The largest absolute Gasteiger partial charge is 0.375 e. The molecule has 0 heterocycles. The van der Waals surface area contributed by atoms with E-state index < -0.39 is 0 Å². The van der Waals surface area contributed by atoms with Gasteiger partial charge < -0.3 is 15.5 Å². The average Bonchev–Trinajstić information content (AvgIpc) is 2.62. The molecule has 0 aliphatic heterocycles. The van der Waals surface area contributed by atoms with Gasteiger partial charge in [0.2, 0.25) is 5.91 Å². The molecule has 0 saturated heterocycles. The number of anilines is 2. The summed E-state index contributed by atoms with van der Waals surface area (Å²) in [6.45, 7) is 5.30. The van der Waals surface area contributed by atoms with Crippen LogP contribution >= 0.6 is 27.5 Å². The van der Waals surface area contributed by atoms with Crippen LogP contribution in [0, 0.1) is 0 Å². The Hall–Kier alpha value is -2.05. The molecule has 0 radical (unpaired) electrons. The summed E-state index contributed by atoms with van der Waals surface area (Å²) in [6, 6.07) is 12.3. The zero-order valence-electron chi connectivity index (χ0n) is 14.7. The van der Waals surface area contributed by atoms with Crippen LogP contribution in [0.4, 0.5) is 11.4 Å². The fourth-order valence-corrected chi connectivity index (χ4v) is 3.14. The maximum atomic E-state index is 12.3. The van der Waals surface area contributed by atoms with Gasteiger partial charge in [0.15, 0.2) is 0 Å². The van der Waals surface area contributed by atoms with E-state index in [-0.39, 0.29) is 18.4 Å². The number of rotatable bonds is 7. The Bertz CT molecular complexity index is 777. The van der Waals surface area contributed by atoms with Crippen LogP contribution in [0.15, 0.2) is 46.9 Å². The highest BCUT2D eigenvalue weighted by molar-refractivity contribution is 9.10. The van der Waals surface area contributed by atoms with E-state index in [9.17, 15) is 9.59 Å². The van der Waals surface area contributed by atoms with E-state index in [2.05, 4.69) is 26.6 Å². The molecule has 2 amide bonds. The summed E-state index contributed by atoms with van der Waals surface area (Å²) < 4.78 is 0.872. The third-order valence-corrected chi connectivity index (χ3v) is 4.64. The van der Waals surface area contributed by atoms with Crippen LogP contribution in [0.25, 0.3) is 0 Å². The lowest BCUT2D eigenvalue weighted by molar-refractivity contribution is -0.114. The van der Waals surface area contributed by atoms with Crippen molar-refractivity contribution in [1.29, 1.82) is 0 Å². The summed E-state index contributed by atoms with van der Waals surface area (Å²) in [5, 5.41) is 6.32. The molecular weight excluding hydrogens is 418 g/mol. The van der Waals surface area contributed by atoms with Gasteiger partial charge in [0.1, 0.15) is 0 Å². The van der Waals surface area contributed by atoms with Crippen molar-refractivity contribution in [1.82, 2.24) is 4.90 Å². The lowest BCUT2D eigenvalue weighted by Crippen LogP contribution is -2.30. The number of hydrogen-bond acceptors (Lipinski definition) is 3. The van der Waals surface area contributed by atoms with Gasteiger partial charge in [-0.3, -0.25) is 9.59 Å². The predicted molar refractivity (Wildman–Crippen MR) is 110 cm³/mol. The quantitative estimate of drug-likeness (QED) is 0.662. The van der Waals surface area contributed by atoms with Gasteiger partial charge in [0.25, 0.3) is 5.91 Å². The number of nitrogens with one attached hydrogen (secondary N) is 2. The minimum atomic E-state index is -0.202. The van der Waals surface area contributed by atoms with E-state index in [4.69, 9.17) is 11.6 Å². The first kappa shape index (κ1) is 20.3. The van der Waals surface area contributed by atoms with Gasteiger partial charge in [-0.25, -0.2) is 0 Å². The highest BCUT2D eigenvalue weighted by Gasteiger charge is 2.12. The van der Waals surface area contributed by atoms with Crippen molar-refractivity contribution < 1.29 is 9.59 Å². The van der Waals surface area contributed by atoms with E-state index >= 15 is 0 Å². The van der Waals surface area contributed by atoms with Crippen molar-refractivity contribution in [3.05, 3.63) is 57.5 Å². The summed E-state index contributed by atoms with van der Waals surface area (Å²) in [4.78, 5) is 26.1. The Balaban J connectivity index is 1.92. The van der Waals surface area contributed by atoms with Crippen molar-refractivity contribution >= 4 is 50.7 Å². The fraction of sp³-hybridized carbons (Fsp3) is 0.263. The SMILES string of the molecule is CCN(CC)C(=O)c1ccc(NC(=O)CNc2ccc(Br)cc2Cl)cc1. The first-order valence-electron chi connectivity index (χ1n) is 8.32. The lowest BCUT2D eigenvalue weighted by atomic mass is 10.1. The van der Waals surface area contributed by atoms with Gasteiger partial charge in [0, 0.05) is 28.8 Å². The fourth-order valence-electron chi connectivity index (χ4n) is 2.40. The summed E-state index contributed by atoms with van der Waals surface area (Å²) in [5.41, 5.74) is 1.92. The molecule has 0 fully saturated rings. The lowest BCUT2D eigenvalue weighted by Gasteiger charge is -2.18. The highest BCUT2D eigenvalue weighted by atomic mass is 79.9. The molecule has 26 heavy (non-hydrogen) atoms. The molecule has 0 unspecified atom stereocenters. The Labute approximate surface area is 166 Å². The summed E-state index contributed by atoms with van der Waals surface area (Å²) in [6.07, 6.45) is 0. The van der Waals surface area contributed by atoms with Crippen molar-refractivity contribution in [2.75, 3.05) is 30.3 Å².